The minimum Gasteiger partial charge on any atom is -0.494 e. The summed E-state index contributed by atoms with van der Waals surface area (Å²) in [5.74, 6) is -0.695. The van der Waals surface area contributed by atoms with Gasteiger partial charge in [0.1, 0.15) is 12.2 Å². The van der Waals surface area contributed by atoms with Crippen molar-refractivity contribution in [3.63, 3.8) is 0 Å². The van der Waals surface area contributed by atoms with E-state index in [-0.39, 0.29) is 22.8 Å². The first-order valence-electron chi connectivity index (χ1n) is 9.61. The van der Waals surface area contributed by atoms with E-state index in [4.69, 9.17) is 17.0 Å². The van der Waals surface area contributed by atoms with Crippen molar-refractivity contribution in [2.75, 3.05) is 26.2 Å². The highest BCUT2D eigenvalue weighted by Gasteiger charge is 2.11. The lowest BCUT2D eigenvalue weighted by Gasteiger charge is -2.17. The predicted octanol–water partition coefficient (Wildman–Crippen LogP) is 3.05. The number of hydrogen-bond acceptors (Lipinski definition) is 7. The first-order valence-corrected chi connectivity index (χ1v) is 10.0. The van der Waals surface area contributed by atoms with E-state index in [0.29, 0.717) is 24.4 Å². The number of benzene rings is 1. The molecule has 0 amide bonds. The van der Waals surface area contributed by atoms with Gasteiger partial charge in [-0.15, -0.1) is 6.58 Å². The van der Waals surface area contributed by atoms with Crippen LogP contribution in [0.5, 0.6) is 5.88 Å². The molecule has 30 heavy (non-hydrogen) atoms. The van der Waals surface area contributed by atoms with Crippen molar-refractivity contribution >= 4 is 30.1 Å². The normalized spacial score (nSPS) is 11.2. The van der Waals surface area contributed by atoms with Gasteiger partial charge in [0.15, 0.2) is 4.77 Å². The highest BCUT2D eigenvalue weighted by Crippen LogP contribution is 2.16. The van der Waals surface area contributed by atoms with Crippen LogP contribution in [0.25, 0.3) is 0 Å². The van der Waals surface area contributed by atoms with Gasteiger partial charge in [0.25, 0.3) is 5.56 Å². The van der Waals surface area contributed by atoms with Gasteiger partial charge in [0.05, 0.1) is 11.3 Å². The maximum Gasteiger partial charge on any atom is 0.338 e. The monoisotopic (exact) mass is 430 g/mol. The summed E-state index contributed by atoms with van der Waals surface area (Å²) in [4.78, 5) is 33.1. The highest BCUT2D eigenvalue weighted by molar-refractivity contribution is 7.71. The average molecular weight is 431 g/mol. The van der Waals surface area contributed by atoms with Crippen LogP contribution in [0.1, 0.15) is 29.8 Å². The van der Waals surface area contributed by atoms with E-state index in [1.165, 1.54) is 10.8 Å². The number of aliphatic imine (C=N–C) groups is 1. The first kappa shape index (κ1) is 23.2. The second-order valence-corrected chi connectivity index (χ2v) is 6.75. The molecule has 0 saturated heterocycles. The van der Waals surface area contributed by atoms with Gasteiger partial charge < -0.3 is 14.7 Å². The number of aromatic nitrogens is 2. The summed E-state index contributed by atoms with van der Waals surface area (Å²) in [6.45, 7) is 10.8. The maximum atomic E-state index is 12.1. The lowest BCUT2D eigenvalue weighted by atomic mass is 10.2. The summed E-state index contributed by atoms with van der Waals surface area (Å²) >= 11 is 5.04. The van der Waals surface area contributed by atoms with Crippen LogP contribution in [-0.2, 0) is 11.3 Å². The molecular formula is C21H26N4O4S. The van der Waals surface area contributed by atoms with Crippen molar-refractivity contribution in [3.05, 3.63) is 63.2 Å². The summed E-state index contributed by atoms with van der Waals surface area (Å²) < 4.78 is 6.72. The van der Waals surface area contributed by atoms with E-state index in [0.717, 1.165) is 13.1 Å². The van der Waals surface area contributed by atoms with E-state index < -0.39 is 11.5 Å². The van der Waals surface area contributed by atoms with Gasteiger partial charge in [-0.3, -0.25) is 19.3 Å². The number of ether oxygens (including phenoxy) is 1. The molecule has 0 spiro atoms. The summed E-state index contributed by atoms with van der Waals surface area (Å²) in [7, 11) is 0. The van der Waals surface area contributed by atoms with Crippen LogP contribution in [0.15, 0.2) is 46.7 Å². The molecule has 8 nitrogen and oxygen atoms in total. The number of carbonyl (C=O) groups excluding carboxylic acids is 1. The van der Waals surface area contributed by atoms with Gasteiger partial charge in [-0.05, 0) is 49.6 Å². The Labute approximate surface area is 180 Å². The van der Waals surface area contributed by atoms with Gasteiger partial charge in [0, 0.05) is 19.3 Å². The molecule has 0 saturated carbocycles. The Morgan fingerprint density at radius 3 is 2.60 bits per heavy atom. The number of likely N-dealkylation sites (N-methyl/N-ethyl adjacent to an activating group) is 1. The van der Waals surface area contributed by atoms with Gasteiger partial charge in [-0.1, -0.05) is 19.9 Å². The molecule has 1 heterocycles. The standard InChI is InChI=1S/C21H26N4O4S/c1-4-11-25-19(27)17(18(26)23-21(25)30)14-22-16-9-7-15(8-10-16)20(28)29-13-12-24(5-2)6-3/h4,7-10,14,27H,1,5-6,11-13H2,2-3H3,(H,23,26,30). The number of aromatic hydroxyl groups is 1. The Hall–Kier alpha value is -3.04. The van der Waals surface area contributed by atoms with Crippen LogP contribution in [0.4, 0.5) is 5.69 Å². The van der Waals surface area contributed by atoms with Gasteiger partial charge >= 0.3 is 5.97 Å². The smallest absolute Gasteiger partial charge is 0.338 e. The third-order valence-corrected chi connectivity index (χ3v) is 4.82. The Morgan fingerprint density at radius 1 is 1.33 bits per heavy atom. The minimum absolute atomic E-state index is 0.0228. The molecule has 0 unspecified atom stereocenters. The molecular weight excluding hydrogens is 404 g/mol. The van der Waals surface area contributed by atoms with Crippen LogP contribution in [0.3, 0.4) is 0 Å². The Kier molecular flexibility index (Phi) is 8.70. The molecule has 0 aliphatic heterocycles. The van der Waals surface area contributed by atoms with Crippen molar-refractivity contribution < 1.29 is 14.6 Å². The van der Waals surface area contributed by atoms with Crippen LogP contribution in [0, 0.1) is 4.77 Å². The van der Waals surface area contributed by atoms with Crippen molar-refractivity contribution in [3.8, 4) is 5.88 Å². The molecule has 1 aromatic heterocycles. The largest absolute Gasteiger partial charge is 0.494 e. The summed E-state index contributed by atoms with van der Waals surface area (Å²) in [5, 5.41) is 10.3. The number of carbonyl (C=O) groups is 1. The number of rotatable bonds is 10. The highest BCUT2D eigenvalue weighted by atomic mass is 32.1. The van der Waals surface area contributed by atoms with Crippen LogP contribution in [-0.4, -0.2) is 58.0 Å². The minimum atomic E-state index is -0.546. The van der Waals surface area contributed by atoms with E-state index in [2.05, 4.69) is 35.3 Å². The summed E-state index contributed by atoms with van der Waals surface area (Å²) in [6, 6.07) is 6.45. The van der Waals surface area contributed by atoms with Gasteiger partial charge in [-0.2, -0.15) is 0 Å². The van der Waals surface area contributed by atoms with Gasteiger partial charge in [-0.25, -0.2) is 4.79 Å². The number of nitrogens with one attached hydrogen (secondary N) is 1. The van der Waals surface area contributed by atoms with E-state index in [9.17, 15) is 14.7 Å². The third-order valence-electron chi connectivity index (χ3n) is 4.50. The molecule has 1 aromatic carbocycles. The zero-order valence-corrected chi connectivity index (χ0v) is 17.9. The lowest BCUT2D eigenvalue weighted by molar-refractivity contribution is 0.0466. The summed E-state index contributed by atoms with van der Waals surface area (Å²) in [5.41, 5.74) is 0.347. The molecule has 0 aliphatic rings. The van der Waals surface area contributed by atoms with Crippen molar-refractivity contribution in [1.82, 2.24) is 14.5 Å². The molecule has 160 valence electrons. The molecule has 9 heteroatoms. The molecule has 0 radical (unpaired) electrons. The fraction of sp³-hybridized carbons (Fsp3) is 0.333. The Balaban J connectivity index is 2.09. The average Bonchev–Trinajstić information content (AvgIpc) is 2.74. The van der Waals surface area contributed by atoms with E-state index in [1.54, 1.807) is 30.3 Å². The second kappa shape index (κ2) is 11.2. The second-order valence-electron chi connectivity index (χ2n) is 6.36. The zero-order chi connectivity index (χ0) is 22.1. The fourth-order valence-corrected chi connectivity index (χ4v) is 2.96. The number of H-pyrrole nitrogens is 1. The van der Waals surface area contributed by atoms with Crippen molar-refractivity contribution in [1.29, 1.82) is 0 Å². The molecule has 0 atom stereocenters. The molecule has 2 rings (SSSR count). The zero-order valence-electron chi connectivity index (χ0n) is 17.1. The van der Waals surface area contributed by atoms with Gasteiger partial charge in [0.2, 0.25) is 5.88 Å². The van der Waals surface area contributed by atoms with Crippen LogP contribution >= 0.6 is 12.2 Å². The maximum absolute atomic E-state index is 12.1. The SMILES string of the molecule is C=CCn1c(O)c(C=Nc2ccc(C(=O)OCCN(CC)CC)cc2)c(=O)[nH]c1=S. The fourth-order valence-electron chi connectivity index (χ4n) is 2.70. The van der Waals surface area contributed by atoms with Crippen molar-refractivity contribution in [2.45, 2.75) is 20.4 Å². The number of esters is 1. The number of allylic oxidation sites excluding steroid dienone is 1. The number of nitrogens with zero attached hydrogens (tertiary/aromatic N) is 3. The van der Waals surface area contributed by atoms with E-state index >= 15 is 0 Å². The topological polar surface area (TPSA) is 99.9 Å². The lowest BCUT2D eigenvalue weighted by Crippen LogP contribution is -2.27. The van der Waals surface area contributed by atoms with Crippen LogP contribution in [0.2, 0.25) is 0 Å². The predicted molar refractivity (Wildman–Crippen MR) is 120 cm³/mol. The Bertz CT molecular complexity index is 1020. The van der Waals surface area contributed by atoms with Crippen molar-refractivity contribution in [2.24, 2.45) is 4.99 Å². The number of aromatic amines is 1. The van der Waals surface area contributed by atoms with E-state index in [1.807, 2.05) is 0 Å². The molecule has 0 fully saturated rings. The summed E-state index contributed by atoms with van der Waals surface area (Å²) in [6.07, 6.45) is 2.80. The quantitative estimate of drug-likeness (QED) is 0.260. The first-order chi connectivity index (χ1) is 14.4. The third kappa shape index (κ3) is 5.98. The molecule has 2 aromatic rings. The molecule has 0 bridgehead atoms. The molecule has 2 N–H and O–H groups in total. The Morgan fingerprint density at radius 2 is 2.00 bits per heavy atom. The van der Waals surface area contributed by atoms with Crippen LogP contribution < -0.4 is 5.56 Å². The number of hydrogen-bond donors (Lipinski definition) is 2. The molecule has 0 aliphatic carbocycles.